The topological polar surface area (TPSA) is 36.4 Å². The van der Waals surface area contributed by atoms with Crippen molar-refractivity contribution in [3.8, 4) is 0 Å². The number of carbonyl (C=O) groups excluding carboxylic acids is 1. The van der Waals surface area contributed by atoms with Crippen molar-refractivity contribution in [1.82, 2.24) is 9.88 Å². The number of carbonyl (C=O) groups is 1. The van der Waals surface area contributed by atoms with Crippen LogP contribution < -0.4 is 4.90 Å². The molecule has 0 aliphatic carbocycles. The van der Waals surface area contributed by atoms with E-state index < -0.39 is 0 Å². The van der Waals surface area contributed by atoms with E-state index in [1.54, 1.807) is 28.4 Å². The maximum absolute atomic E-state index is 13.2. The molecule has 0 radical (unpaired) electrons. The quantitative estimate of drug-likeness (QED) is 0.523. The molecule has 1 amide bonds. The number of hydrogen-bond donors (Lipinski definition) is 0. The number of halogens is 1. The van der Waals surface area contributed by atoms with E-state index in [0.717, 1.165) is 40.5 Å². The lowest BCUT2D eigenvalue weighted by Gasteiger charge is -2.24. The summed E-state index contributed by atoms with van der Waals surface area (Å²) in [6, 6.07) is 10.3. The summed E-state index contributed by atoms with van der Waals surface area (Å²) in [4.78, 5) is 22.0. The molecule has 0 bridgehead atoms. The molecule has 0 unspecified atom stereocenters. The fraction of sp³-hybridized carbons (Fsp3) is 0.391. The van der Waals surface area contributed by atoms with Gasteiger partial charge in [0, 0.05) is 13.1 Å². The first kappa shape index (κ1) is 21.4. The van der Waals surface area contributed by atoms with Gasteiger partial charge in [-0.3, -0.25) is 9.69 Å². The van der Waals surface area contributed by atoms with Crippen LogP contribution in [0.2, 0.25) is 0 Å². The van der Waals surface area contributed by atoms with E-state index >= 15 is 0 Å². The normalized spacial score (nSPS) is 11.4. The SMILES string of the molecule is CCN(CC)CCN(C(=O)Cc1ccc(F)cc1)c1nc2cc(C)c(C)cc2s1. The highest BCUT2D eigenvalue weighted by atomic mass is 32.1. The minimum atomic E-state index is -0.295. The highest BCUT2D eigenvalue weighted by molar-refractivity contribution is 7.22. The molecule has 3 rings (SSSR count). The largest absolute Gasteiger partial charge is 0.302 e. The van der Waals surface area contributed by atoms with Gasteiger partial charge < -0.3 is 4.90 Å². The molecule has 0 atom stereocenters. The van der Waals surface area contributed by atoms with E-state index in [1.807, 2.05) is 0 Å². The van der Waals surface area contributed by atoms with Crippen molar-refractivity contribution < 1.29 is 9.18 Å². The fourth-order valence-electron chi connectivity index (χ4n) is 3.26. The number of thiazole rings is 1. The van der Waals surface area contributed by atoms with Gasteiger partial charge in [0.15, 0.2) is 5.13 Å². The number of nitrogens with zero attached hydrogens (tertiary/aromatic N) is 3. The molecule has 6 heteroatoms. The van der Waals surface area contributed by atoms with Gasteiger partial charge in [0.25, 0.3) is 0 Å². The minimum absolute atomic E-state index is 0.0173. The average molecular weight is 414 g/mol. The van der Waals surface area contributed by atoms with Crippen LogP contribution in [0.1, 0.15) is 30.5 Å². The van der Waals surface area contributed by atoms with Gasteiger partial charge in [-0.2, -0.15) is 0 Å². The van der Waals surface area contributed by atoms with Crippen molar-refractivity contribution in [2.75, 3.05) is 31.1 Å². The van der Waals surface area contributed by atoms with Crippen molar-refractivity contribution in [3.05, 3.63) is 58.9 Å². The smallest absolute Gasteiger partial charge is 0.233 e. The van der Waals surface area contributed by atoms with E-state index in [1.165, 1.54) is 23.3 Å². The first-order valence-corrected chi connectivity index (χ1v) is 10.9. The zero-order chi connectivity index (χ0) is 21.0. The molecule has 1 heterocycles. The van der Waals surface area contributed by atoms with Crippen LogP contribution in [0.4, 0.5) is 9.52 Å². The third-order valence-electron chi connectivity index (χ3n) is 5.33. The van der Waals surface area contributed by atoms with E-state index in [-0.39, 0.29) is 18.1 Å². The molecule has 0 saturated heterocycles. The summed E-state index contributed by atoms with van der Waals surface area (Å²) in [6.07, 6.45) is 0.229. The first-order chi connectivity index (χ1) is 13.9. The molecule has 0 fully saturated rings. The van der Waals surface area contributed by atoms with Crippen LogP contribution >= 0.6 is 11.3 Å². The molecule has 2 aromatic carbocycles. The fourth-order valence-corrected chi connectivity index (χ4v) is 4.35. The summed E-state index contributed by atoms with van der Waals surface area (Å²) >= 11 is 1.55. The lowest BCUT2D eigenvalue weighted by atomic mass is 10.1. The Morgan fingerprint density at radius 1 is 1.03 bits per heavy atom. The summed E-state index contributed by atoms with van der Waals surface area (Å²) in [5.74, 6) is -0.312. The van der Waals surface area contributed by atoms with Crippen molar-refractivity contribution >= 4 is 32.6 Å². The number of hydrogen-bond acceptors (Lipinski definition) is 4. The molecule has 0 aliphatic rings. The van der Waals surface area contributed by atoms with Crippen molar-refractivity contribution in [2.45, 2.75) is 34.1 Å². The van der Waals surface area contributed by atoms with E-state index in [2.05, 4.69) is 44.7 Å². The average Bonchev–Trinajstić information content (AvgIpc) is 3.09. The molecule has 0 saturated carbocycles. The standard InChI is InChI=1S/C23H28FN3OS/c1-5-26(6-2)11-12-27(22(28)15-18-7-9-19(24)10-8-18)23-25-20-13-16(3)17(4)14-21(20)29-23/h7-10,13-14H,5-6,11-12,15H2,1-4H3. The third-order valence-corrected chi connectivity index (χ3v) is 6.37. The van der Waals surface area contributed by atoms with Crippen molar-refractivity contribution in [3.63, 3.8) is 0 Å². The number of rotatable bonds is 8. The third kappa shape index (κ3) is 5.19. The van der Waals surface area contributed by atoms with Crippen LogP contribution in [0.25, 0.3) is 10.2 Å². The molecule has 0 aliphatic heterocycles. The molecule has 154 valence electrons. The van der Waals surface area contributed by atoms with Crippen LogP contribution in [0.3, 0.4) is 0 Å². The van der Waals surface area contributed by atoms with Crippen LogP contribution in [0, 0.1) is 19.7 Å². The number of benzene rings is 2. The Kier molecular flexibility index (Phi) is 6.98. The van der Waals surface area contributed by atoms with E-state index in [4.69, 9.17) is 4.98 Å². The molecule has 0 spiro atoms. The molecular weight excluding hydrogens is 385 g/mol. The molecule has 29 heavy (non-hydrogen) atoms. The molecular formula is C23H28FN3OS. The van der Waals surface area contributed by atoms with Gasteiger partial charge in [0.2, 0.25) is 5.91 Å². The second-order valence-electron chi connectivity index (χ2n) is 7.28. The number of amides is 1. The van der Waals surface area contributed by atoms with Gasteiger partial charge in [0.05, 0.1) is 16.6 Å². The Bertz CT molecular complexity index is 941. The Morgan fingerprint density at radius 3 is 2.34 bits per heavy atom. The summed E-state index contributed by atoms with van der Waals surface area (Å²) in [6.45, 7) is 11.7. The van der Waals surface area contributed by atoms with E-state index in [9.17, 15) is 9.18 Å². The van der Waals surface area contributed by atoms with Crippen LogP contribution in [-0.4, -0.2) is 42.0 Å². The summed E-state index contributed by atoms with van der Waals surface area (Å²) in [5, 5.41) is 0.726. The van der Waals surface area contributed by atoms with Crippen molar-refractivity contribution in [2.24, 2.45) is 0 Å². The second kappa shape index (κ2) is 9.46. The van der Waals surface area contributed by atoms with Crippen LogP contribution in [0.15, 0.2) is 36.4 Å². The Labute approximate surface area is 176 Å². The van der Waals surface area contributed by atoms with Gasteiger partial charge in [0.1, 0.15) is 5.82 Å². The van der Waals surface area contributed by atoms with Gasteiger partial charge in [-0.25, -0.2) is 9.37 Å². The molecule has 0 N–H and O–H groups in total. The number of aryl methyl sites for hydroxylation is 2. The number of anilines is 1. The summed E-state index contributed by atoms with van der Waals surface area (Å²) in [5.41, 5.74) is 4.15. The predicted molar refractivity (Wildman–Crippen MR) is 119 cm³/mol. The maximum atomic E-state index is 13.2. The highest BCUT2D eigenvalue weighted by Crippen LogP contribution is 2.31. The zero-order valence-electron chi connectivity index (χ0n) is 17.5. The van der Waals surface area contributed by atoms with Gasteiger partial charge in [-0.15, -0.1) is 0 Å². The van der Waals surface area contributed by atoms with Gasteiger partial charge in [-0.05, 0) is 67.9 Å². The Balaban J connectivity index is 1.89. The zero-order valence-corrected chi connectivity index (χ0v) is 18.4. The lowest BCUT2D eigenvalue weighted by molar-refractivity contribution is -0.118. The number of aromatic nitrogens is 1. The maximum Gasteiger partial charge on any atom is 0.233 e. The number of fused-ring (bicyclic) bond motifs is 1. The predicted octanol–water partition coefficient (Wildman–Crippen LogP) is 4.97. The summed E-state index contributed by atoms with van der Waals surface area (Å²) < 4.78 is 14.3. The minimum Gasteiger partial charge on any atom is -0.302 e. The van der Waals surface area contributed by atoms with Crippen LogP contribution in [0.5, 0.6) is 0 Å². The molecule has 4 nitrogen and oxygen atoms in total. The van der Waals surface area contributed by atoms with Crippen LogP contribution in [-0.2, 0) is 11.2 Å². The molecule has 1 aromatic heterocycles. The monoisotopic (exact) mass is 413 g/mol. The highest BCUT2D eigenvalue weighted by Gasteiger charge is 2.21. The lowest BCUT2D eigenvalue weighted by Crippen LogP contribution is -2.39. The number of likely N-dealkylation sites (N-methyl/N-ethyl adjacent to an activating group) is 1. The molecule has 3 aromatic rings. The Hall–Kier alpha value is -2.31. The van der Waals surface area contributed by atoms with Gasteiger partial charge in [-0.1, -0.05) is 37.3 Å². The second-order valence-corrected chi connectivity index (χ2v) is 8.29. The van der Waals surface area contributed by atoms with E-state index in [0.29, 0.717) is 6.54 Å². The van der Waals surface area contributed by atoms with Gasteiger partial charge >= 0.3 is 0 Å². The summed E-state index contributed by atoms with van der Waals surface area (Å²) in [7, 11) is 0. The Morgan fingerprint density at radius 2 is 1.69 bits per heavy atom. The van der Waals surface area contributed by atoms with Crippen molar-refractivity contribution in [1.29, 1.82) is 0 Å². The first-order valence-electron chi connectivity index (χ1n) is 10.1.